The van der Waals surface area contributed by atoms with E-state index in [1.54, 1.807) is 0 Å². The second-order valence-corrected chi connectivity index (χ2v) is 5.77. The lowest BCUT2D eigenvalue weighted by molar-refractivity contribution is -0.139. The van der Waals surface area contributed by atoms with Gasteiger partial charge in [0.1, 0.15) is 5.82 Å². The molecule has 1 aliphatic heterocycles. The fourth-order valence-electron chi connectivity index (χ4n) is 2.38. The highest BCUT2D eigenvalue weighted by Crippen LogP contribution is 2.33. The molecule has 0 atom stereocenters. The summed E-state index contributed by atoms with van der Waals surface area (Å²) in [4.78, 5) is 9.51. The molecular formula is C15H20ClF4N5. The van der Waals surface area contributed by atoms with Gasteiger partial charge in [0.25, 0.3) is 0 Å². The molecule has 0 bridgehead atoms. The van der Waals surface area contributed by atoms with E-state index < -0.39 is 17.6 Å². The van der Waals surface area contributed by atoms with E-state index in [1.165, 1.54) is 0 Å². The molecule has 4 N–H and O–H groups in total. The van der Waals surface area contributed by atoms with Crippen LogP contribution in [0.4, 0.5) is 23.2 Å². The summed E-state index contributed by atoms with van der Waals surface area (Å²) < 4.78 is 51.3. The highest BCUT2D eigenvalue weighted by atomic mass is 35.5. The van der Waals surface area contributed by atoms with Crippen LogP contribution in [0.2, 0.25) is 0 Å². The number of nitrogens with zero attached hydrogens (tertiary/aromatic N) is 3. The average Bonchev–Trinajstić information content (AvgIpc) is 2.48. The first-order chi connectivity index (χ1) is 11.2. The number of hydrogen-bond donors (Lipinski definition) is 2. The molecule has 140 valence electrons. The molecule has 5 nitrogen and oxygen atoms in total. The first-order valence-electron chi connectivity index (χ1n) is 7.47. The topological polar surface area (TPSA) is 80.0 Å². The number of aliphatic imine (C=N–C) groups is 2. The lowest BCUT2D eigenvalue weighted by Crippen LogP contribution is -2.43. The zero-order valence-electron chi connectivity index (χ0n) is 13.6. The van der Waals surface area contributed by atoms with E-state index in [0.717, 1.165) is 32.0 Å². The number of guanidine groups is 2. The largest absolute Gasteiger partial charge is 0.419 e. The standard InChI is InChI=1S/C15H19F4N5.ClH/c1-9-4-6-24(7-5-9)14(21)23-13(20)22-10-2-3-12(16)11(8-10)15(17,18)19;/h2-3,8-9H,4-7H2,1H3,(H4,20,21,22,23);1H. The normalized spacial score (nSPS) is 17.4. The highest BCUT2D eigenvalue weighted by molar-refractivity contribution is 5.94. The molecular weight excluding hydrogens is 362 g/mol. The van der Waals surface area contributed by atoms with Crippen LogP contribution < -0.4 is 11.5 Å². The maximum absolute atomic E-state index is 13.2. The van der Waals surface area contributed by atoms with Crippen LogP contribution in [0.15, 0.2) is 28.2 Å². The van der Waals surface area contributed by atoms with Gasteiger partial charge in [-0.25, -0.2) is 9.38 Å². The molecule has 1 heterocycles. The van der Waals surface area contributed by atoms with Gasteiger partial charge >= 0.3 is 6.18 Å². The van der Waals surface area contributed by atoms with Gasteiger partial charge in [0.05, 0.1) is 11.3 Å². The third kappa shape index (κ3) is 5.77. The molecule has 2 rings (SSSR count). The Morgan fingerprint density at radius 1 is 1.20 bits per heavy atom. The summed E-state index contributed by atoms with van der Waals surface area (Å²) in [6, 6.07) is 2.36. The Balaban J connectivity index is 0.00000312. The smallest absolute Gasteiger partial charge is 0.369 e. The van der Waals surface area contributed by atoms with Crippen molar-refractivity contribution in [2.45, 2.75) is 25.9 Å². The van der Waals surface area contributed by atoms with Crippen molar-refractivity contribution in [2.24, 2.45) is 27.4 Å². The van der Waals surface area contributed by atoms with Crippen LogP contribution >= 0.6 is 12.4 Å². The molecule has 25 heavy (non-hydrogen) atoms. The Bertz CT molecular complexity index is 652. The van der Waals surface area contributed by atoms with Crippen LogP contribution in [0, 0.1) is 11.7 Å². The fraction of sp³-hybridized carbons (Fsp3) is 0.467. The fourth-order valence-corrected chi connectivity index (χ4v) is 2.38. The zero-order chi connectivity index (χ0) is 17.9. The lowest BCUT2D eigenvalue weighted by Gasteiger charge is -2.30. The van der Waals surface area contributed by atoms with E-state index in [4.69, 9.17) is 11.5 Å². The number of piperidine rings is 1. The van der Waals surface area contributed by atoms with Gasteiger partial charge in [0.2, 0.25) is 5.96 Å². The van der Waals surface area contributed by atoms with E-state index in [9.17, 15) is 17.6 Å². The Morgan fingerprint density at radius 3 is 2.36 bits per heavy atom. The maximum Gasteiger partial charge on any atom is 0.419 e. The van der Waals surface area contributed by atoms with E-state index >= 15 is 0 Å². The molecule has 0 spiro atoms. The summed E-state index contributed by atoms with van der Waals surface area (Å²) in [5.74, 6) is -0.877. The summed E-state index contributed by atoms with van der Waals surface area (Å²) in [6.45, 7) is 3.62. The van der Waals surface area contributed by atoms with Gasteiger partial charge in [0.15, 0.2) is 5.96 Å². The van der Waals surface area contributed by atoms with Crippen molar-refractivity contribution >= 4 is 30.0 Å². The van der Waals surface area contributed by atoms with Gasteiger partial charge in [-0.05, 0) is 37.0 Å². The quantitative estimate of drug-likeness (QED) is 0.445. The van der Waals surface area contributed by atoms with Gasteiger partial charge in [-0.2, -0.15) is 18.2 Å². The molecule has 1 aromatic rings. The van der Waals surface area contributed by atoms with E-state index in [2.05, 4.69) is 16.9 Å². The minimum absolute atomic E-state index is 0. The number of nitrogens with two attached hydrogens (primary N) is 2. The van der Waals surface area contributed by atoms with Gasteiger partial charge in [-0.1, -0.05) is 6.92 Å². The van der Waals surface area contributed by atoms with Crippen LogP contribution in [0.3, 0.4) is 0 Å². The Morgan fingerprint density at radius 2 is 1.80 bits per heavy atom. The van der Waals surface area contributed by atoms with Gasteiger partial charge in [-0.15, -0.1) is 12.4 Å². The predicted molar refractivity (Wildman–Crippen MR) is 91.5 cm³/mol. The Kier molecular flexibility index (Phi) is 7.04. The molecule has 1 fully saturated rings. The number of halogens is 5. The van der Waals surface area contributed by atoms with E-state index in [0.29, 0.717) is 18.1 Å². The first-order valence-corrected chi connectivity index (χ1v) is 7.47. The second-order valence-electron chi connectivity index (χ2n) is 5.77. The predicted octanol–water partition coefficient (Wildman–Crippen LogP) is 3.26. The van der Waals surface area contributed by atoms with Crippen LogP contribution in [-0.4, -0.2) is 29.9 Å². The highest BCUT2D eigenvalue weighted by Gasteiger charge is 2.34. The number of likely N-dealkylation sites (tertiary alicyclic amines) is 1. The molecule has 1 saturated heterocycles. The van der Waals surface area contributed by atoms with Crippen molar-refractivity contribution in [3.8, 4) is 0 Å². The number of hydrogen-bond acceptors (Lipinski definition) is 1. The summed E-state index contributed by atoms with van der Waals surface area (Å²) in [5.41, 5.74) is 9.91. The summed E-state index contributed by atoms with van der Waals surface area (Å²) in [7, 11) is 0. The Hall–Kier alpha value is -2.03. The molecule has 0 aliphatic carbocycles. The van der Waals surface area contributed by atoms with Crippen molar-refractivity contribution in [2.75, 3.05) is 13.1 Å². The molecule has 0 radical (unpaired) electrons. The molecule has 0 aromatic heterocycles. The number of rotatable bonds is 1. The lowest BCUT2D eigenvalue weighted by atomic mass is 10.00. The molecule has 0 saturated carbocycles. The summed E-state index contributed by atoms with van der Waals surface area (Å²) >= 11 is 0. The molecule has 0 amide bonds. The number of alkyl halides is 3. The van der Waals surface area contributed by atoms with Crippen LogP contribution in [0.1, 0.15) is 25.3 Å². The minimum Gasteiger partial charge on any atom is -0.369 e. The van der Waals surface area contributed by atoms with E-state index in [1.807, 2.05) is 4.90 Å². The van der Waals surface area contributed by atoms with Crippen LogP contribution in [0.25, 0.3) is 0 Å². The van der Waals surface area contributed by atoms with Crippen molar-refractivity contribution in [1.29, 1.82) is 0 Å². The van der Waals surface area contributed by atoms with Gasteiger partial charge in [0, 0.05) is 13.1 Å². The summed E-state index contributed by atoms with van der Waals surface area (Å²) in [6.07, 6.45) is -2.86. The van der Waals surface area contributed by atoms with Gasteiger partial charge < -0.3 is 16.4 Å². The summed E-state index contributed by atoms with van der Waals surface area (Å²) in [5, 5.41) is 0. The average molecular weight is 382 g/mol. The van der Waals surface area contributed by atoms with Crippen LogP contribution in [-0.2, 0) is 6.18 Å². The molecule has 10 heteroatoms. The third-order valence-corrected chi connectivity index (χ3v) is 3.84. The van der Waals surface area contributed by atoms with Crippen molar-refractivity contribution in [1.82, 2.24) is 4.90 Å². The number of benzene rings is 1. The molecule has 0 unspecified atom stereocenters. The first kappa shape index (κ1) is 21.0. The van der Waals surface area contributed by atoms with Crippen molar-refractivity contribution in [3.05, 3.63) is 29.6 Å². The maximum atomic E-state index is 13.2. The second kappa shape index (κ2) is 8.37. The van der Waals surface area contributed by atoms with Crippen molar-refractivity contribution in [3.63, 3.8) is 0 Å². The van der Waals surface area contributed by atoms with Crippen LogP contribution in [0.5, 0.6) is 0 Å². The molecule has 1 aromatic carbocycles. The monoisotopic (exact) mass is 381 g/mol. The van der Waals surface area contributed by atoms with Gasteiger partial charge in [-0.3, -0.25) is 0 Å². The Labute approximate surface area is 149 Å². The molecule has 1 aliphatic rings. The third-order valence-electron chi connectivity index (χ3n) is 3.84. The van der Waals surface area contributed by atoms with E-state index in [-0.39, 0.29) is 30.0 Å². The SMILES string of the molecule is CC1CCN(C(N)=NC(N)=Nc2ccc(F)c(C(F)(F)F)c2)CC1.Cl. The zero-order valence-corrected chi connectivity index (χ0v) is 14.4. The minimum atomic E-state index is -4.81. The van der Waals surface area contributed by atoms with Crippen molar-refractivity contribution < 1.29 is 17.6 Å².